The summed E-state index contributed by atoms with van der Waals surface area (Å²) in [4.78, 5) is 11.2. The van der Waals surface area contributed by atoms with Gasteiger partial charge in [0.1, 0.15) is 0 Å². The second-order valence-corrected chi connectivity index (χ2v) is 6.04. The Labute approximate surface area is 148 Å². The van der Waals surface area contributed by atoms with Crippen LogP contribution < -0.4 is 10.3 Å². The van der Waals surface area contributed by atoms with Gasteiger partial charge in [-0.25, -0.2) is 0 Å². The van der Waals surface area contributed by atoms with Gasteiger partial charge in [0.25, 0.3) is 12.2 Å². The molecule has 2 N–H and O–H groups in total. The molecule has 1 aromatic carbocycles. The lowest BCUT2D eigenvalue weighted by atomic mass is 10.1. The number of nitrogens with two attached hydrogens (primary N) is 1. The fourth-order valence-corrected chi connectivity index (χ4v) is 3.02. The first-order valence-electron chi connectivity index (χ1n) is 8.14. The molecule has 3 aromatic rings. The Kier molecular flexibility index (Phi) is 4.02. The van der Waals surface area contributed by atoms with Crippen LogP contribution in [0.4, 0.5) is 5.69 Å². The predicted octanol–water partition coefficient (Wildman–Crippen LogP) is 2.59. The molecule has 0 bridgehead atoms. The highest BCUT2D eigenvalue weighted by molar-refractivity contribution is 5.81. The van der Waals surface area contributed by atoms with Crippen molar-refractivity contribution >= 4 is 11.5 Å². The molecule has 0 aliphatic carbocycles. The van der Waals surface area contributed by atoms with Crippen LogP contribution in [-0.2, 0) is 0 Å². The maximum absolute atomic E-state index is 11.6. The van der Waals surface area contributed by atoms with E-state index in [1.807, 2.05) is 42.6 Å². The number of nitro groups is 1. The van der Waals surface area contributed by atoms with Gasteiger partial charge in [0.2, 0.25) is 0 Å². The van der Waals surface area contributed by atoms with E-state index in [0.717, 1.165) is 11.3 Å². The summed E-state index contributed by atoms with van der Waals surface area (Å²) in [6.45, 7) is 1.98. The van der Waals surface area contributed by atoms with Crippen LogP contribution in [0.5, 0.6) is 0 Å². The fourth-order valence-electron chi connectivity index (χ4n) is 3.02. The molecule has 0 fully saturated rings. The summed E-state index contributed by atoms with van der Waals surface area (Å²) in [5.74, 6) is 0.928. The smallest absolute Gasteiger partial charge is 0.430 e. The van der Waals surface area contributed by atoms with Gasteiger partial charge in [-0.05, 0) is 48.2 Å². The van der Waals surface area contributed by atoms with E-state index in [2.05, 4.69) is 5.10 Å². The molecular weight excluding hydrogens is 336 g/mol. The van der Waals surface area contributed by atoms with Gasteiger partial charge < -0.3 is 18.9 Å². The van der Waals surface area contributed by atoms with Crippen LogP contribution in [0, 0.1) is 17.0 Å². The topological polar surface area (TPSA) is 102 Å². The summed E-state index contributed by atoms with van der Waals surface area (Å²) in [7, 11) is 0. The molecule has 0 radical (unpaired) electrons. The van der Waals surface area contributed by atoms with Gasteiger partial charge in [-0.15, -0.1) is 5.01 Å². The standard InChI is InChI=1S/C18H16N4O4/c1-12-6-8-13(9-7-12)21-17(15-5-3-11-26-15)19-16(14-4-2-10-25-14)18(20-21)22(23)24/h2-11,16-17,19H,1H3/p+1/t16-,17+/m1/s1. The highest BCUT2D eigenvalue weighted by Gasteiger charge is 2.47. The average Bonchev–Trinajstić information content (AvgIpc) is 3.35. The Balaban J connectivity index is 1.83. The molecule has 8 heteroatoms. The minimum Gasteiger partial charge on any atom is -0.462 e. The molecule has 0 unspecified atom stereocenters. The number of benzene rings is 1. The average molecular weight is 353 g/mol. The Morgan fingerprint density at radius 1 is 1.08 bits per heavy atom. The maximum Gasteiger partial charge on any atom is 0.430 e. The normalized spacial score (nSPS) is 20.0. The maximum atomic E-state index is 11.6. The molecule has 3 heterocycles. The van der Waals surface area contributed by atoms with Crippen molar-refractivity contribution in [1.82, 2.24) is 0 Å². The van der Waals surface area contributed by atoms with Crippen LogP contribution in [0.1, 0.15) is 29.3 Å². The first-order valence-corrected chi connectivity index (χ1v) is 8.14. The molecular formula is C18H17N4O4+. The molecule has 0 amide bonds. The second kappa shape index (κ2) is 6.49. The lowest BCUT2D eigenvalue weighted by molar-refractivity contribution is -0.732. The number of hydrazone groups is 1. The zero-order valence-corrected chi connectivity index (χ0v) is 14.0. The van der Waals surface area contributed by atoms with Gasteiger partial charge in [-0.3, -0.25) is 5.32 Å². The number of amidine groups is 1. The molecule has 0 saturated heterocycles. The summed E-state index contributed by atoms with van der Waals surface area (Å²) >= 11 is 0. The minimum atomic E-state index is -0.670. The second-order valence-electron chi connectivity index (χ2n) is 6.04. The minimum absolute atomic E-state index is 0.191. The molecule has 4 rings (SSSR count). The van der Waals surface area contributed by atoms with Crippen molar-refractivity contribution in [3.8, 4) is 0 Å². The van der Waals surface area contributed by atoms with E-state index in [9.17, 15) is 10.1 Å². The Hall–Kier alpha value is -3.39. The number of hydrogen-bond donors (Lipinski definition) is 1. The van der Waals surface area contributed by atoms with Crippen LogP contribution in [0.25, 0.3) is 0 Å². The quantitative estimate of drug-likeness (QED) is 0.576. The van der Waals surface area contributed by atoms with E-state index in [1.165, 1.54) is 6.26 Å². The third-order valence-corrected chi connectivity index (χ3v) is 4.30. The largest absolute Gasteiger partial charge is 0.462 e. The molecule has 26 heavy (non-hydrogen) atoms. The van der Waals surface area contributed by atoms with Crippen LogP contribution in [0.2, 0.25) is 0 Å². The van der Waals surface area contributed by atoms with E-state index in [0.29, 0.717) is 11.5 Å². The molecule has 0 spiro atoms. The zero-order valence-electron chi connectivity index (χ0n) is 14.0. The number of quaternary nitrogens is 1. The van der Waals surface area contributed by atoms with Gasteiger partial charge in [-0.1, -0.05) is 17.7 Å². The van der Waals surface area contributed by atoms with Crippen molar-refractivity contribution in [3.63, 3.8) is 0 Å². The molecule has 132 valence electrons. The van der Waals surface area contributed by atoms with Crippen LogP contribution >= 0.6 is 0 Å². The first-order chi connectivity index (χ1) is 12.6. The van der Waals surface area contributed by atoms with E-state index >= 15 is 0 Å². The van der Waals surface area contributed by atoms with E-state index in [-0.39, 0.29) is 5.84 Å². The summed E-state index contributed by atoms with van der Waals surface area (Å²) in [5.41, 5.74) is 1.83. The van der Waals surface area contributed by atoms with Crippen molar-refractivity contribution in [1.29, 1.82) is 0 Å². The third kappa shape index (κ3) is 2.86. The van der Waals surface area contributed by atoms with Crippen molar-refractivity contribution in [3.05, 3.63) is 88.3 Å². The number of hydrogen-bond acceptors (Lipinski definition) is 6. The number of nitrogens with zero attached hydrogens (tertiary/aromatic N) is 3. The molecule has 8 nitrogen and oxygen atoms in total. The predicted molar refractivity (Wildman–Crippen MR) is 92.9 cm³/mol. The Bertz CT molecular complexity index is 917. The van der Waals surface area contributed by atoms with Gasteiger partial charge in [-0.2, -0.15) is 0 Å². The van der Waals surface area contributed by atoms with Crippen molar-refractivity contribution < 1.29 is 19.1 Å². The van der Waals surface area contributed by atoms with Gasteiger partial charge >= 0.3 is 5.84 Å². The van der Waals surface area contributed by atoms with Crippen molar-refractivity contribution in [2.24, 2.45) is 5.10 Å². The molecule has 1 aliphatic rings. The van der Waals surface area contributed by atoms with Crippen LogP contribution in [0.15, 0.2) is 75.0 Å². The monoisotopic (exact) mass is 353 g/mol. The third-order valence-electron chi connectivity index (χ3n) is 4.30. The van der Waals surface area contributed by atoms with Gasteiger partial charge in [0, 0.05) is 0 Å². The van der Waals surface area contributed by atoms with E-state index in [1.54, 1.807) is 29.5 Å². The lowest BCUT2D eigenvalue weighted by Crippen LogP contribution is -2.92. The SMILES string of the molecule is Cc1ccc(N2N=C([N+](=O)[O-])[C@@H](c3ccco3)[NH2+][C@@H]2c2ccco2)cc1. The summed E-state index contributed by atoms with van der Waals surface area (Å²) < 4.78 is 11.0. The zero-order chi connectivity index (χ0) is 18.1. The number of anilines is 1. The summed E-state index contributed by atoms with van der Waals surface area (Å²) in [6, 6.07) is 14.0. The van der Waals surface area contributed by atoms with E-state index < -0.39 is 17.1 Å². The van der Waals surface area contributed by atoms with Crippen LogP contribution in [-0.4, -0.2) is 10.8 Å². The molecule has 0 saturated carbocycles. The number of rotatable bonds is 3. The summed E-state index contributed by atoms with van der Waals surface area (Å²) in [6.07, 6.45) is 2.67. The van der Waals surface area contributed by atoms with Gasteiger partial charge in [0.05, 0.1) is 23.3 Å². The molecule has 2 atom stereocenters. The van der Waals surface area contributed by atoms with Crippen molar-refractivity contribution in [2.45, 2.75) is 19.1 Å². The van der Waals surface area contributed by atoms with Crippen molar-refractivity contribution in [2.75, 3.05) is 5.01 Å². The van der Waals surface area contributed by atoms with E-state index in [4.69, 9.17) is 8.83 Å². The molecule has 1 aliphatic heterocycles. The Morgan fingerprint density at radius 3 is 2.31 bits per heavy atom. The molecule has 2 aromatic heterocycles. The number of furan rings is 2. The highest BCUT2D eigenvalue weighted by atomic mass is 16.6. The van der Waals surface area contributed by atoms with Crippen LogP contribution in [0.3, 0.4) is 0 Å². The fraction of sp³-hybridized carbons (Fsp3) is 0.167. The summed E-state index contributed by atoms with van der Waals surface area (Å²) in [5, 5.41) is 19.4. The number of aryl methyl sites for hydroxylation is 1. The first kappa shape index (κ1) is 16.1. The highest BCUT2D eigenvalue weighted by Crippen LogP contribution is 2.29. The van der Waals surface area contributed by atoms with Gasteiger partial charge in [0.15, 0.2) is 11.5 Å². The Morgan fingerprint density at radius 2 is 1.73 bits per heavy atom. The lowest BCUT2D eigenvalue weighted by Gasteiger charge is -2.27.